The largest absolute Gasteiger partial charge is 0.480 e. The molecule has 0 aromatic carbocycles. The molecule has 6 fully saturated rings. The molecule has 9 atom stereocenters. The van der Waals surface area contributed by atoms with Crippen LogP contribution in [-0.4, -0.2) is 156 Å². The SMILES string of the molecule is CC(C)[C@H](O)[C@H](NC(=O)[C@@](C)(O)C12CCC([C@@H](C)O1)[C@@H](C)O2)C(=O)N1NCCC[C@@H]1C(=O)N(O)[C@@H](C)C(=O)N1NCCC[C@@H]1C(=O)N1NCCC[C@H]1C(=O)O. The second-order valence-electron chi connectivity index (χ2n) is 15.9. The predicted octanol–water partition coefficient (Wildman–Crippen LogP) is -1.65. The molecule has 20 heteroatoms. The van der Waals surface area contributed by atoms with Crippen LogP contribution in [0.2, 0.25) is 0 Å². The number of nitrogens with zero attached hydrogens (tertiary/aromatic N) is 4. The molecule has 6 rings (SSSR count). The number of rotatable bonds is 11. The van der Waals surface area contributed by atoms with Crippen molar-refractivity contribution in [1.29, 1.82) is 0 Å². The zero-order chi connectivity index (χ0) is 40.6. The summed E-state index contributed by atoms with van der Waals surface area (Å²) in [5, 5.41) is 49.5. The fraction of sp³-hybridized carbons (Fsp3) is 0.829. The molecule has 6 heterocycles. The summed E-state index contributed by atoms with van der Waals surface area (Å²) >= 11 is 0. The Morgan fingerprint density at radius 1 is 0.818 bits per heavy atom. The molecule has 55 heavy (non-hydrogen) atoms. The van der Waals surface area contributed by atoms with E-state index in [1.54, 1.807) is 13.8 Å². The van der Waals surface area contributed by atoms with Crippen LogP contribution in [0.3, 0.4) is 0 Å². The predicted molar refractivity (Wildman–Crippen MR) is 189 cm³/mol. The first-order chi connectivity index (χ1) is 25.8. The average molecular weight is 783 g/mol. The van der Waals surface area contributed by atoms with E-state index >= 15 is 0 Å². The zero-order valence-corrected chi connectivity index (χ0v) is 32.4. The molecule has 0 aromatic heterocycles. The number of fused-ring (bicyclic) bond motifs is 3. The number of hydroxylamine groups is 2. The van der Waals surface area contributed by atoms with Crippen LogP contribution in [0.4, 0.5) is 0 Å². The van der Waals surface area contributed by atoms with Gasteiger partial charge >= 0.3 is 5.97 Å². The zero-order valence-electron chi connectivity index (χ0n) is 32.4. The molecule has 6 aliphatic heterocycles. The Morgan fingerprint density at radius 2 is 1.33 bits per heavy atom. The van der Waals surface area contributed by atoms with Crippen molar-refractivity contribution in [1.82, 2.24) is 41.7 Å². The first-order valence-corrected chi connectivity index (χ1v) is 19.4. The number of aliphatic carboxylic acids is 1. The lowest BCUT2D eigenvalue weighted by molar-refractivity contribution is -0.403. The number of carboxylic acids is 1. The summed E-state index contributed by atoms with van der Waals surface area (Å²) in [6, 6.07) is -6.93. The Labute approximate surface area is 320 Å². The summed E-state index contributed by atoms with van der Waals surface area (Å²) in [6.07, 6.45) is 0.575. The summed E-state index contributed by atoms with van der Waals surface area (Å²) in [4.78, 5) is 81.5. The van der Waals surface area contributed by atoms with Crippen LogP contribution in [0.5, 0.6) is 0 Å². The van der Waals surface area contributed by atoms with Crippen molar-refractivity contribution in [3.63, 3.8) is 0 Å². The van der Waals surface area contributed by atoms with Gasteiger partial charge in [-0.05, 0) is 78.6 Å². The summed E-state index contributed by atoms with van der Waals surface area (Å²) in [7, 11) is 0. The number of hydrogen-bond donors (Lipinski definition) is 8. The van der Waals surface area contributed by atoms with E-state index < -0.39 is 89.1 Å². The molecule has 6 saturated heterocycles. The quantitative estimate of drug-likeness (QED) is 0.0863. The molecule has 20 nitrogen and oxygen atoms in total. The number of hydrogen-bond acceptors (Lipinski definition) is 14. The molecular weight excluding hydrogens is 724 g/mol. The third-order valence-corrected chi connectivity index (χ3v) is 11.8. The van der Waals surface area contributed by atoms with Gasteiger partial charge in [0.05, 0.1) is 18.3 Å². The number of carbonyl (C=O) groups excluding carboxylic acids is 5. The molecular formula is C35H58N8O12. The maximum atomic E-state index is 14.3. The normalized spacial score (nSPS) is 32.6. The number of amides is 5. The van der Waals surface area contributed by atoms with Gasteiger partial charge in [0.25, 0.3) is 29.5 Å². The van der Waals surface area contributed by atoms with Crippen LogP contribution in [0, 0.1) is 11.8 Å². The highest BCUT2D eigenvalue weighted by Gasteiger charge is 2.63. The van der Waals surface area contributed by atoms with Crippen molar-refractivity contribution < 1.29 is 58.8 Å². The van der Waals surface area contributed by atoms with Crippen molar-refractivity contribution >= 4 is 35.5 Å². The van der Waals surface area contributed by atoms with Crippen molar-refractivity contribution in [2.24, 2.45) is 11.8 Å². The first-order valence-electron chi connectivity index (χ1n) is 19.4. The fourth-order valence-corrected chi connectivity index (χ4v) is 8.29. The Kier molecular flexibility index (Phi) is 13.1. The molecule has 0 spiro atoms. The summed E-state index contributed by atoms with van der Waals surface area (Å²) in [5.41, 5.74) is 6.19. The van der Waals surface area contributed by atoms with Crippen LogP contribution in [0.1, 0.15) is 92.9 Å². The Hall–Kier alpha value is -3.50. The molecule has 310 valence electrons. The molecule has 0 saturated carbocycles. The van der Waals surface area contributed by atoms with Gasteiger partial charge in [-0.3, -0.25) is 44.2 Å². The average Bonchev–Trinajstić information content (AvgIpc) is 3.17. The lowest BCUT2D eigenvalue weighted by Crippen LogP contribution is -2.73. The topological polar surface area (TPSA) is 263 Å². The maximum absolute atomic E-state index is 14.3. The first kappa shape index (κ1) is 42.6. The minimum Gasteiger partial charge on any atom is -0.480 e. The summed E-state index contributed by atoms with van der Waals surface area (Å²) in [5.74, 6) is -7.95. The molecule has 0 unspecified atom stereocenters. The van der Waals surface area contributed by atoms with Crippen LogP contribution < -0.4 is 21.6 Å². The minimum atomic E-state index is -2.31. The molecule has 5 amide bonds. The highest BCUT2D eigenvalue weighted by molar-refractivity contribution is 5.96. The molecule has 8 N–H and O–H groups in total. The van der Waals surface area contributed by atoms with Gasteiger partial charge in [-0.15, -0.1) is 0 Å². The lowest BCUT2D eigenvalue weighted by atomic mass is 9.77. The number of aliphatic hydroxyl groups excluding tert-OH is 1. The maximum Gasteiger partial charge on any atom is 0.328 e. The Balaban J connectivity index is 1.32. The number of carboxylic acid groups (broad SMARTS) is 1. The Morgan fingerprint density at radius 3 is 1.85 bits per heavy atom. The van der Waals surface area contributed by atoms with E-state index in [9.17, 15) is 49.3 Å². The lowest BCUT2D eigenvalue weighted by Gasteiger charge is -2.57. The van der Waals surface area contributed by atoms with Gasteiger partial charge in [0, 0.05) is 32.0 Å². The van der Waals surface area contributed by atoms with Crippen molar-refractivity contribution in [3.05, 3.63) is 0 Å². The number of aliphatic hydroxyl groups is 2. The molecule has 0 aromatic rings. The van der Waals surface area contributed by atoms with Gasteiger partial charge in [0.1, 0.15) is 30.2 Å². The van der Waals surface area contributed by atoms with E-state index in [2.05, 4.69) is 21.6 Å². The Bertz CT molecular complexity index is 1470. The second kappa shape index (κ2) is 16.9. The molecule has 0 aliphatic carbocycles. The van der Waals surface area contributed by atoms with E-state index in [-0.39, 0.29) is 55.4 Å². The summed E-state index contributed by atoms with van der Waals surface area (Å²) < 4.78 is 12.1. The van der Waals surface area contributed by atoms with Gasteiger partial charge in [-0.25, -0.2) is 26.1 Å². The van der Waals surface area contributed by atoms with E-state index in [0.29, 0.717) is 38.8 Å². The van der Waals surface area contributed by atoms with Crippen LogP contribution in [0.25, 0.3) is 0 Å². The summed E-state index contributed by atoms with van der Waals surface area (Å²) in [6.45, 7) is 10.3. The second-order valence-corrected chi connectivity index (χ2v) is 15.9. The van der Waals surface area contributed by atoms with E-state index in [1.807, 2.05) is 13.8 Å². The van der Waals surface area contributed by atoms with Gasteiger partial charge in [0.2, 0.25) is 5.79 Å². The van der Waals surface area contributed by atoms with E-state index in [4.69, 9.17) is 9.47 Å². The number of carbonyl (C=O) groups is 6. The third kappa shape index (κ3) is 8.18. The fourth-order valence-electron chi connectivity index (χ4n) is 8.29. The van der Waals surface area contributed by atoms with Gasteiger partial charge in [-0.2, -0.15) is 0 Å². The van der Waals surface area contributed by atoms with Crippen molar-refractivity contribution in [2.75, 3.05) is 19.6 Å². The smallest absolute Gasteiger partial charge is 0.328 e. The third-order valence-electron chi connectivity index (χ3n) is 11.8. The van der Waals surface area contributed by atoms with E-state index in [1.165, 1.54) is 13.8 Å². The molecule has 2 bridgehead atoms. The van der Waals surface area contributed by atoms with Crippen LogP contribution >= 0.6 is 0 Å². The van der Waals surface area contributed by atoms with Gasteiger partial charge < -0.3 is 30.1 Å². The molecule has 6 aliphatic rings. The highest BCUT2D eigenvalue weighted by atomic mass is 16.7. The number of ether oxygens (including phenoxy) is 2. The standard InChI is InChI=1S/C35H58N8O12/c1-18(2)27(44)26(39-33(51)34(6,52)35-14-13-22(20(4)54-35)21(5)55-35)31(48)41-24(11-8-16-37-41)30(47)43(53)19(3)28(45)40-23(10-7-15-36-40)29(46)42-25(32(49)50)12-9-17-38-42/h18-27,36-38,44,52-53H,7-17H2,1-6H3,(H,39,51)(H,49,50)/t19-,20+,21+,22?,23+,24+,25-,26-,27-,34+,35?/m0/s1. The van der Waals surface area contributed by atoms with Gasteiger partial charge in [-0.1, -0.05) is 13.8 Å². The number of nitrogens with one attached hydrogen (secondary N) is 4. The highest BCUT2D eigenvalue weighted by Crippen LogP contribution is 2.48. The molecule has 0 radical (unpaired) electrons. The van der Waals surface area contributed by atoms with Crippen LogP contribution in [-0.2, 0) is 38.2 Å². The van der Waals surface area contributed by atoms with Crippen molar-refractivity contribution in [2.45, 2.75) is 153 Å². The van der Waals surface area contributed by atoms with Gasteiger partial charge in [0.15, 0.2) is 5.60 Å². The van der Waals surface area contributed by atoms with Crippen molar-refractivity contribution in [3.8, 4) is 0 Å². The minimum absolute atomic E-state index is 0.0354. The van der Waals surface area contributed by atoms with E-state index in [0.717, 1.165) is 15.0 Å². The monoisotopic (exact) mass is 782 g/mol. The number of hydrazine groups is 3. The van der Waals surface area contributed by atoms with Crippen LogP contribution in [0.15, 0.2) is 0 Å².